The average Bonchev–Trinajstić information content (AvgIpc) is 3.14. The number of hydrogen-bond acceptors (Lipinski definition) is 6. The highest BCUT2D eigenvalue weighted by molar-refractivity contribution is 7.17. The van der Waals surface area contributed by atoms with E-state index in [1.54, 1.807) is 19.1 Å². The normalized spacial score (nSPS) is 15.5. The Labute approximate surface area is 160 Å². The number of anilines is 1. The minimum Gasteiger partial charge on any atom is -0.496 e. The number of benzene rings is 1. The molecule has 1 N–H and O–H groups in total. The lowest BCUT2D eigenvalue weighted by atomic mass is 10.1. The van der Waals surface area contributed by atoms with Gasteiger partial charge < -0.3 is 19.5 Å². The van der Waals surface area contributed by atoms with Crippen LogP contribution in [0.3, 0.4) is 0 Å². The molecule has 1 aromatic heterocycles. The van der Waals surface area contributed by atoms with Crippen molar-refractivity contribution in [1.82, 2.24) is 0 Å². The van der Waals surface area contributed by atoms with Gasteiger partial charge in [0.25, 0.3) is 5.91 Å². The summed E-state index contributed by atoms with van der Waals surface area (Å²) in [5, 5.41) is 3.66. The van der Waals surface area contributed by atoms with Gasteiger partial charge in [-0.3, -0.25) is 4.79 Å². The molecule has 1 atom stereocenters. The Balaban J connectivity index is 1.98. The highest BCUT2D eigenvalue weighted by atomic mass is 35.5. The Morgan fingerprint density at radius 3 is 2.88 bits per heavy atom. The molecule has 6 nitrogen and oxygen atoms in total. The van der Waals surface area contributed by atoms with Crippen molar-refractivity contribution in [2.75, 3.05) is 19.0 Å². The Bertz CT molecular complexity index is 864. The molecule has 2 heterocycles. The molecule has 0 radical (unpaired) electrons. The smallest absolute Gasteiger partial charge is 0.341 e. The van der Waals surface area contributed by atoms with Gasteiger partial charge in [-0.2, -0.15) is 0 Å². The predicted molar refractivity (Wildman–Crippen MR) is 99.4 cm³/mol. The number of thiophene rings is 1. The summed E-state index contributed by atoms with van der Waals surface area (Å²) in [6, 6.07) is 4.78. The molecule has 0 aliphatic carbocycles. The number of hydrogen-bond donors (Lipinski definition) is 1. The molecule has 0 bridgehead atoms. The van der Waals surface area contributed by atoms with Crippen LogP contribution in [0, 0.1) is 0 Å². The third-order valence-corrected chi connectivity index (χ3v) is 5.34. The summed E-state index contributed by atoms with van der Waals surface area (Å²) in [6.07, 6.45) is -0.230. The Kier molecular flexibility index (Phi) is 5.50. The van der Waals surface area contributed by atoms with E-state index >= 15 is 0 Å². The van der Waals surface area contributed by atoms with E-state index in [0.29, 0.717) is 27.9 Å². The van der Waals surface area contributed by atoms with E-state index in [1.807, 2.05) is 6.92 Å². The van der Waals surface area contributed by atoms with Crippen LogP contribution in [-0.2, 0) is 16.1 Å². The van der Waals surface area contributed by atoms with Crippen LogP contribution in [0.25, 0.3) is 0 Å². The number of carbonyl (C=O) groups is 2. The van der Waals surface area contributed by atoms with Crippen molar-refractivity contribution in [1.29, 1.82) is 0 Å². The summed E-state index contributed by atoms with van der Waals surface area (Å²) in [7, 11) is 1.47. The van der Waals surface area contributed by atoms with Crippen LogP contribution in [0.15, 0.2) is 18.2 Å². The molecular formula is C18H18ClNO5S. The zero-order valence-corrected chi connectivity index (χ0v) is 16.1. The van der Waals surface area contributed by atoms with Crippen molar-refractivity contribution in [2.24, 2.45) is 0 Å². The second-order valence-corrected chi connectivity index (χ2v) is 7.16. The number of esters is 1. The zero-order valence-electron chi connectivity index (χ0n) is 14.6. The fraction of sp³-hybridized carbons (Fsp3) is 0.333. The first-order valence-corrected chi connectivity index (χ1v) is 9.24. The molecule has 8 heteroatoms. The molecule has 0 fully saturated rings. The predicted octanol–water partition coefficient (Wildman–Crippen LogP) is 4.43. The second-order valence-electron chi connectivity index (χ2n) is 5.62. The second kappa shape index (κ2) is 7.65. The quantitative estimate of drug-likeness (QED) is 0.758. The summed E-state index contributed by atoms with van der Waals surface area (Å²) in [4.78, 5) is 26.1. The van der Waals surface area contributed by atoms with Gasteiger partial charge in [-0.25, -0.2) is 4.79 Å². The van der Waals surface area contributed by atoms with Crippen molar-refractivity contribution in [2.45, 2.75) is 26.6 Å². The van der Waals surface area contributed by atoms with E-state index in [0.717, 1.165) is 10.4 Å². The topological polar surface area (TPSA) is 73.9 Å². The lowest BCUT2D eigenvalue weighted by Gasteiger charge is -2.12. The molecule has 1 aromatic carbocycles. The number of nitrogens with one attached hydrogen (secondary N) is 1. The van der Waals surface area contributed by atoms with E-state index in [1.165, 1.54) is 24.5 Å². The third kappa shape index (κ3) is 3.42. The van der Waals surface area contributed by atoms with Gasteiger partial charge in [0.1, 0.15) is 16.3 Å². The van der Waals surface area contributed by atoms with Crippen LogP contribution in [0.5, 0.6) is 5.75 Å². The van der Waals surface area contributed by atoms with E-state index in [2.05, 4.69) is 5.32 Å². The molecule has 0 saturated heterocycles. The number of rotatable bonds is 5. The average molecular weight is 396 g/mol. The fourth-order valence-electron chi connectivity index (χ4n) is 2.83. The molecular weight excluding hydrogens is 378 g/mol. The molecule has 26 heavy (non-hydrogen) atoms. The number of ether oxygens (including phenoxy) is 3. The van der Waals surface area contributed by atoms with E-state index in [9.17, 15) is 9.59 Å². The van der Waals surface area contributed by atoms with Gasteiger partial charge in [-0.05, 0) is 32.0 Å². The van der Waals surface area contributed by atoms with Crippen molar-refractivity contribution in [3.63, 3.8) is 0 Å². The fourth-order valence-corrected chi connectivity index (χ4v) is 4.20. The third-order valence-electron chi connectivity index (χ3n) is 4.01. The van der Waals surface area contributed by atoms with Crippen LogP contribution in [0.2, 0.25) is 5.02 Å². The van der Waals surface area contributed by atoms with Gasteiger partial charge in [-0.1, -0.05) is 11.6 Å². The van der Waals surface area contributed by atoms with Gasteiger partial charge in [0, 0.05) is 15.5 Å². The van der Waals surface area contributed by atoms with E-state index < -0.39 is 11.9 Å². The molecule has 2 aromatic rings. The number of carbonyl (C=O) groups excluding carboxylic acids is 2. The molecule has 1 aliphatic rings. The summed E-state index contributed by atoms with van der Waals surface area (Å²) in [6.45, 7) is 4.25. The molecule has 1 aliphatic heterocycles. The molecule has 3 rings (SSSR count). The summed E-state index contributed by atoms with van der Waals surface area (Å²) in [5.74, 6) is -0.496. The lowest BCUT2D eigenvalue weighted by molar-refractivity contribution is 0.0513. The van der Waals surface area contributed by atoms with E-state index in [-0.39, 0.29) is 18.3 Å². The van der Waals surface area contributed by atoms with Gasteiger partial charge in [0.2, 0.25) is 0 Å². The molecule has 0 saturated carbocycles. The summed E-state index contributed by atoms with van der Waals surface area (Å²) >= 11 is 7.32. The SMILES string of the molecule is CCOC(=O)c1c(NC(=O)c2cc(Cl)ccc2OC)sc2c1C(C)OC2. The largest absolute Gasteiger partial charge is 0.496 e. The lowest BCUT2D eigenvalue weighted by Crippen LogP contribution is -2.16. The van der Waals surface area contributed by atoms with Crippen LogP contribution >= 0.6 is 22.9 Å². The standard InChI is InChI=1S/C18H18ClNO5S/c1-4-24-18(22)15-14-9(2)25-8-13(14)26-17(15)20-16(21)11-7-10(19)5-6-12(11)23-3/h5-7,9H,4,8H2,1-3H3,(H,20,21). The van der Waals surface area contributed by atoms with Crippen LogP contribution in [0.1, 0.15) is 51.1 Å². The van der Waals surface area contributed by atoms with Crippen LogP contribution in [0.4, 0.5) is 5.00 Å². The van der Waals surface area contributed by atoms with Crippen molar-refractivity contribution in [3.8, 4) is 5.75 Å². The minimum absolute atomic E-state index is 0.230. The monoisotopic (exact) mass is 395 g/mol. The first-order chi connectivity index (χ1) is 12.5. The highest BCUT2D eigenvalue weighted by Crippen LogP contribution is 2.44. The Morgan fingerprint density at radius 2 is 2.19 bits per heavy atom. The van der Waals surface area contributed by atoms with Gasteiger partial charge in [-0.15, -0.1) is 11.3 Å². The highest BCUT2D eigenvalue weighted by Gasteiger charge is 2.33. The number of fused-ring (bicyclic) bond motifs is 1. The van der Waals surface area contributed by atoms with Crippen molar-refractivity contribution in [3.05, 3.63) is 44.8 Å². The molecule has 1 amide bonds. The Morgan fingerprint density at radius 1 is 1.42 bits per heavy atom. The number of methoxy groups -OCH3 is 1. The van der Waals surface area contributed by atoms with Crippen molar-refractivity contribution < 1.29 is 23.8 Å². The van der Waals surface area contributed by atoms with Crippen LogP contribution < -0.4 is 10.1 Å². The number of halogens is 1. The maximum Gasteiger partial charge on any atom is 0.341 e. The van der Waals surface area contributed by atoms with Gasteiger partial charge >= 0.3 is 5.97 Å². The van der Waals surface area contributed by atoms with Crippen LogP contribution in [-0.4, -0.2) is 25.6 Å². The zero-order chi connectivity index (χ0) is 18.8. The van der Waals surface area contributed by atoms with E-state index in [4.69, 9.17) is 25.8 Å². The number of amides is 1. The maximum absolute atomic E-state index is 12.8. The molecule has 0 spiro atoms. The van der Waals surface area contributed by atoms with Gasteiger partial charge in [0.05, 0.1) is 32.0 Å². The molecule has 138 valence electrons. The minimum atomic E-state index is -0.476. The van der Waals surface area contributed by atoms with Gasteiger partial charge in [0.15, 0.2) is 0 Å². The maximum atomic E-state index is 12.8. The Hall–Kier alpha value is -2.09. The van der Waals surface area contributed by atoms with Crippen molar-refractivity contribution >= 4 is 39.8 Å². The summed E-state index contributed by atoms with van der Waals surface area (Å²) < 4.78 is 16.0. The summed E-state index contributed by atoms with van der Waals surface area (Å²) in [5.41, 5.74) is 1.42. The molecule has 1 unspecified atom stereocenters. The first-order valence-electron chi connectivity index (χ1n) is 8.05. The first kappa shape index (κ1) is 18.7.